The fourth-order valence-electron chi connectivity index (χ4n) is 2.02. The van der Waals surface area contributed by atoms with Gasteiger partial charge in [0.2, 0.25) is 0 Å². The highest BCUT2D eigenvalue weighted by Gasteiger charge is 2.29. The Morgan fingerprint density at radius 3 is 2.68 bits per heavy atom. The van der Waals surface area contributed by atoms with Crippen LogP contribution in [-0.2, 0) is 13.1 Å². The molecule has 6 heteroatoms. The number of hydrogen-bond acceptors (Lipinski definition) is 3. The first-order chi connectivity index (χ1) is 8.83. The van der Waals surface area contributed by atoms with Gasteiger partial charge in [-0.15, -0.1) is 0 Å². The molecule has 1 aromatic heterocycles. The second-order valence-electron chi connectivity index (χ2n) is 5.24. The normalized spacial score (nSPS) is 16.3. The maximum Gasteiger partial charge on any atom is 0.401 e. The molecule has 0 spiro atoms. The zero-order valence-corrected chi connectivity index (χ0v) is 11.2. The van der Waals surface area contributed by atoms with Gasteiger partial charge < -0.3 is 9.73 Å². The van der Waals surface area contributed by atoms with E-state index in [9.17, 15) is 13.2 Å². The number of hydrogen-bond donors (Lipinski definition) is 1. The SMILES string of the molecule is Cc1oc(CNC2CC2)cc1CN(C)CC(F)(F)F. The average molecular weight is 276 g/mol. The largest absolute Gasteiger partial charge is 0.465 e. The zero-order valence-electron chi connectivity index (χ0n) is 11.2. The second kappa shape index (κ2) is 5.54. The molecule has 1 aromatic rings. The average Bonchev–Trinajstić information content (AvgIpc) is 3.00. The standard InChI is InChI=1S/C13H19F3N2O/c1-9-10(7-18(2)8-13(14,15)16)5-12(19-9)6-17-11-3-4-11/h5,11,17H,3-4,6-8H2,1-2H3. The van der Waals surface area contributed by atoms with E-state index in [1.807, 2.05) is 6.07 Å². The topological polar surface area (TPSA) is 28.4 Å². The zero-order chi connectivity index (χ0) is 14.0. The molecule has 1 aliphatic carbocycles. The minimum Gasteiger partial charge on any atom is -0.465 e. The van der Waals surface area contributed by atoms with Crippen molar-refractivity contribution in [3.8, 4) is 0 Å². The van der Waals surface area contributed by atoms with Gasteiger partial charge >= 0.3 is 6.18 Å². The molecule has 0 aromatic carbocycles. The Morgan fingerprint density at radius 2 is 2.11 bits per heavy atom. The molecule has 1 saturated carbocycles. The van der Waals surface area contributed by atoms with Gasteiger partial charge in [-0.1, -0.05) is 0 Å². The molecular weight excluding hydrogens is 257 g/mol. The number of alkyl halides is 3. The first-order valence-electron chi connectivity index (χ1n) is 6.40. The highest BCUT2D eigenvalue weighted by atomic mass is 19.4. The molecule has 2 rings (SSSR count). The summed E-state index contributed by atoms with van der Waals surface area (Å²) in [6.45, 7) is 1.78. The van der Waals surface area contributed by atoms with E-state index in [1.165, 1.54) is 24.8 Å². The van der Waals surface area contributed by atoms with Crippen molar-refractivity contribution < 1.29 is 17.6 Å². The molecule has 0 amide bonds. The number of nitrogens with one attached hydrogen (secondary N) is 1. The Kier molecular flexibility index (Phi) is 4.20. The first kappa shape index (κ1) is 14.4. The summed E-state index contributed by atoms with van der Waals surface area (Å²) in [5, 5.41) is 3.32. The molecule has 1 aliphatic rings. The third kappa shape index (κ3) is 4.87. The summed E-state index contributed by atoms with van der Waals surface area (Å²) in [6.07, 6.45) is -1.77. The van der Waals surface area contributed by atoms with E-state index in [1.54, 1.807) is 6.92 Å². The minimum absolute atomic E-state index is 0.248. The summed E-state index contributed by atoms with van der Waals surface area (Å²) in [7, 11) is 1.46. The second-order valence-corrected chi connectivity index (χ2v) is 5.24. The van der Waals surface area contributed by atoms with E-state index in [0.29, 0.717) is 18.3 Å². The highest BCUT2D eigenvalue weighted by Crippen LogP contribution is 2.22. The van der Waals surface area contributed by atoms with E-state index in [2.05, 4.69) is 5.32 Å². The molecule has 0 bridgehead atoms. The lowest BCUT2D eigenvalue weighted by atomic mass is 10.2. The lowest BCUT2D eigenvalue weighted by Crippen LogP contribution is -2.30. The smallest absolute Gasteiger partial charge is 0.401 e. The summed E-state index contributed by atoms with van der Waals surface area (Å²) in [6, 6.07) is 2.43. The number of halogens is 3. The number of furan rings is 1. The van der Waals surface area contributed by atoms with E-state index >= 15 is 0 Å². The Balaban J connectivity index is 1.88. The summed E-state index contributed by atoms with van der Waals surface area (Å²) in [5.41, 5.74) is 0.819. The van der Waals surface area contributed by atoms with Gasteiger partial charge in [0.15, 0.2) is 0 Å². The van der Waals surface area contributed by atoms with Gasteiger partial charge in [-0.25, -0.2) is 0 Å². The van der Waals surface area contributed by atoms with Crippen molar-refractivity contribution >= 4 is 0 Å². The molecule has 0 saturated heterocycles. The maximum atomic E-state index is 12.3. The van der Waals surface area contributed by atoms with E-state index in [0.717, 1.165) is 11.3 Å². The predicted molar refractivity (Wildman–Crippen MR) is 65.7 cm³/mol. The monoisotopic (exact) mass is 276 g/mol. The van der Waals surface area contributed by atoms with Crippen molar-refractivity contribution in [1.82, 2.24) is 10.2 Å². The van der Waals surface area contributed by atoms with Crippen LogP contribution in [0.5, 0.6) is 0 Å². The molecule has 1 fully saturated rings. The minimum atomic E-state index is -4.16. The third-order valence-corrected chi connectivity index (χ3v) is 3.10. The van der Waals surface area contributed by atoms with Crippen molar-refractivity contribution in [2.75, 3.05) is 13.6 Å². The predicted octanol–water partition coefficient (Wildman–Crippen LogP) is 2.83. The van der Waals surface area contributed by atoms with Crippen LogP contribution in [0.3, 0.4) is 0 Å². The third-order valence-electron chi connectivity index (χ3n) is 3.10. The van der Waals surface area contributed by atoms with Gasteiger partial charge in [-0.05, 0) is 32.9 Å². The Bertz CT molecular complexity index is 424. The van der Waals surface area contributed by atoms with Crippen LogP contribution in [0.15, 0.2) is 10.5 Å². The Hall–Kier alpha value is -1.01. The van der Waals surface area contributed by atoms with Crippen LogP contribution in [0, 0.1) is 6.92 Å². The molecule has 0 unspecified atom stereocenters. The number of rotatable bonds is 6. The molecule has 0 atom stereocenters. The van der Waals surface area contributed by atoms with Crippen molar-refractivity contribution in [2.45, 2.75) is 45.1 Å². The van der Waals surface area contributed by atoms with Crippen molar-refractivity contribution in [2.24, 2.45) is 0 Å². The van der Waals surface area contributed by atoms with Gasteiger partial charge in [-0.3, -0.25) is 4.90 Å². The summed E-state index contributed by atoms with van der Waals surface area (Å²) < 4.78 is 42.3. The van der Waals surface area contributed by atoms with Crippen molar-refractivity contribution in [3.63, 3.8) is 0 Å². The molecule has 108 valence electrons. The van der Waals surface area contributed by atoms with E-state index in [-0.39, 0.29) is 6.54 Å². The maximum absolute atomic E-state index is 12.3. The van der Waals surface area contributed by atoms with Gasteiger partial charge in [0.25, 0.3) is 0 Å². The quantitative estimate of drug-likeness (QED) is 0.866. The molecular formula is C13H19F3N2O. The molecule has 3 nitrogen and oxygen atoms in total. The van der Waals surface area contributed by atoms with Gasteiger partial charge in [0.05, 0.1) is 13.1 Å². The first-order valence-corrected chi connectivity index (χ1v) is 6.40. The number of aryl methyl sites for hydroxylation is 1. The Labute approximate surface area is 110 Å². The van der Waals surface area contributed by atoms with Crippen LogP contribution >= 0.6 is 0 Å². The van der Waals surface area contributed by atoms with Crippen LogP contribution in [0.1, 0.15) is 29.9 Å². The fraction of sp³-hybridized carbons (Fsp3) is 0.692. The van der Waals surface area contributed by atoms with Crippen LogP contribution in [-0.4, -0.2) is 30.7 Å². The van der Waals surface area contributed by atoms with Crippen LogP contribution in [0.2, 0.25) is 0 Å². The molecule has 0 aliphatic heterocycles. The van der Waals surface area contributed by atoms with Crippen LogP contribution in [0.4, 0.5) is 13.2 Å². The van der Waals surface area contributed by atoms with Crippen LogP contribution in [0.25, 0.3) is 0 Å². The molecule has 0 radical (unpaired) electrons. The van der Waals surface area contributed by atoms with Gasteiger partial charge in [0.1, 0.15) is 11.5 Å². The highest BCUT2D eigenvalue weighted by molar-refractivity contribution is 5.20. The van der Waals surface area contributed by atoms with E-state index < -0.39 is 12.7 Å². The fourth-order valence-corrected chi connectivity index (χ4v) is 2.02. The molecule has 1 N–H and O–H groups in total. The van der Waals surface area contributed by atoms with Gasteiger partial charge in [-0.2, -0.15) is 13.2 Å². The lowest BCUT2D eigenvalue weighted by Gasteiger charge is -2.17. The Morgan fingerprint density at radius 1 is 1.42 bits per heavy atom. The summed E-state index contributed by atoms with van der Waals surface area (Å²) in [5.74, 6) is 1.49. The summed E-state index contributed by atoms with van der Waals surface area (Å²) >= 11 is 0. The molecule has 1 heterocycles. The lowest BCUT2D eigenvalue weighted by molar-refractivity contribution is -0.144. The van der Waals surface area contributed by atoms with E-state index in [4.69, 9.17) is 4.42 Å². The number of nitrogens with zero attached hydrogens (tertiary/aromatic N) is 1. The van der Waals surface area contributed by atoms with Gasteiger partial charge in [0, 0.05) is 18.2 Å². The van der Waals surface area contributed by atoms with Crippen LogP contribution < -0.4 is 5.32 Å². The van der Waals surface area contributed by atoms with Crippen molar-refractivity contribution in [1.29, 1.82) is 0 Å². The molecule has 19 heavy (non-hydrogen) atoms. The summed E-state index contributed by atoms with van der Waals surface area (Å²) in [4.78, 5) is 1.25. The van der Waals surface area contributed by atoms with Crippen molar-refractivity contribution in [3.05, 3.63) is 23.2 Å².